The Hall–Kier alpha value is -2.89. The zero-order valence-corrected chi connectivity index (χ0v) is 15.6. The van der Waals surface area contributed by atoms with E-state index in [9.17, 15) is 14.0 Å². The summed E-state index contributed by atoms with van der Waals surface area (Å²) in [6.07, 6.45) is 0.794. The van der Waals surface area contributed by atoms with Crippen LogP contribution in [0.4, 0.5) is 20.6 Å². The van der Waals surface area contributed by atoms with Gasteiger partial charge in [0.05, 0.1) is 6.54 Å². The van der Waals surface area contributed by atoms with Crippen LogP contribution in [-0.2, 0) is 11.3 Å². The Balaban J connectivity index is 1.76. The highest BCUT2D eigenvalue weighted by Gasteiger charge is 2.27. The monoisotopic (exact) mass is 369 g/mol. The molecule has 27 heavy (non-hydrogen) atoms. The van der Waals surface area contributed by atoms with Crippen LogP contribution in [0.25, 0.3) is 0 Å². The second-order valence-electron chi connectivity index (χ2n) is 7.00. The third kappa shape index (κ3) is 4.45. The molecule has 5 nitrogen and oxygen atoms in total. The molecule has 0 aliphatic carbocycles. The van der Waals surface area contributed by atoms with E-state index in [4.69, 9.17) is 0 Å². The minimum absolute atomic E-state index is 0.0710. The van der Waals surface area contributed by atoms with Crippen molar-refractivity contribution < 1.29 is 14.0 Å². The van der Waals surface area contributed by atoms with Gasteiger partial charge in [-0.3, -0.25) is 9.69 Å². The molecule has 3 amide bonds. The van der Waals surface area contributed by atoms with E-state index in [1.54, 1.807) is 40.1 Å². The molecule has 142 valence electrons. The average molecular weight is 369 g/mol. The molecule has 0 atom stereocenters. The van der Waals surface area contributed by atoms with Crippen LogP contribution < -0.4 is 10.2 Å². The van der Waals surface area contributed by atoms with Crippen molar-refractivity contribution in [3.8, 4) is 0 Å². The summed E-state index contributed by atoms with van der Waals surface area (Å²) in [5, 5.41) is 2.85. The maximum atomic E-state index is 13.9. The van der Waals surface area contributed by atoms with Crippen molar-refractivity contribution in [2.45, 2.75) is 26.8 Å². The number of halogens is 1. The van der Waals surface area contributed by atoms with Crippen LogP contribution in [0.1, 0.15) is 25.8 Å². The molecular formula is C21H24FN3O2. The Morgan fingerprint density at radius 1 is 1.15 bits per heavy atom. The molecular weight excluding hydrogens is 345 g/mol. The van der Waals surface area contributed by atoms with E-state index in [-0.39, 0.29) is 30.2 Å². The summed E-state index contributed by atoms with van der Waals surface area (Å²) >= 11 is 0. The number of carbonyl (C=O) groups is 2. The molecule has 0 aromatic heterocycles. The number of amides is 3. The highest BCUT2D eigenvalue weighted by Crippen LogP contribution is 2.25. The first-order valence-electron chi connectivity index (χ1n) is 9.16. The number of rotatable bonds is 5. The molecule has 0 radical (unpaired) electrons. The molecule has 1 aliphatic heterocycles. The Kier molecular flexibility index (Phi) is 5.74. The quantitative estimate of drug-likeness (QED) is 0.856. The van der Waals surface area contributed by atoms with Gasteiger partial charge in [0.15, 0.2) is 0 Å². The summed E-state index contributed by atoms with van der Waals surface area (Å²) in [7, 11) is 0. The topological polar surface area (TPSA) is 52.7 Å². The first-order valence-corrected chi connectivity index (χ1v) is 9.16. The van der Waals surface area contributed by atoms with E-state index >= 15 is 0 Å². The van der Waals surface area contributed by atoms with Gasteiger partial charge in [0.1, 0.15) is 5.82 Å². The van der Waals surface area contributed by atoms with Crippen molar-refractivity contribution in [1.82, 2.24) is 4.90 Å². The van der Waals surface area contributed by atoms with E-state index in [2.05, 4.69) is 5.32 Å². The fourth-order valence-corrected chi connectivity index (χ4v) is 3.04. The number of nitrogens with zero attached hydrogens (tertiary/aromatic N) is 2. The van der Waals surface area contributed by atoms with Crippen LogP contribution in [0.3, 0.4) is 0 Å². The molecule has 0 bridgehead atoms. The van der Waals surface area contributed by atoms with E-state index < -0.39 is 0 Å². The minimum Gasteiger partial charge on any atom is -0.326 e. The number of hydrogen-bond donors (Lipinski definition) is 1. The molecule has 1 N–H and O–H groups in total. The Labute approximate surface area is 158 Å². The summed E-state index contributed by atoms with van der Waals surface area (Å²) in [5.41, 5.74) is 1.88. The van der Waals surface area contributed by atoms with Gasteiger partial charge in [0, 0.05) is 35.9 Å². The lowest BCUT2D eigenvalue weighted by Crippen LogP contribution is -2.49. The van der Waals surface area contributed by atoms with Crippen LogP contribution in [0.2, 0.25) is 0 Å². The normalized spacial score (nSPS) is 14.6. The number of benzene rings is 2. The van der Waals surface area contributed by atoms with Crippen LogP contribution in [0.15, 0.2) is 48.5 Å². The molecule has 0 unspecified atom stereocenters. The van der Waals surface area contributed by atoms with Crippen LogP contribution in [0, 0.1) is 11.7 Å². The van der Waals surface area contributed by atoms with Crippen molar-refractivity contribution >= 4 is 23.3 Å². The van der Waals surface area contributed by atoms with Gasteiger partial charge in [-0.15, -0.1) is 0 Å². The lowest BCUT2D eigenvalue weighted by atomic mass is 10.1. The lowest BCUT2D eigenvalue weighted by molar-refractivity contribution is -0.118. The third-order valence-electron chi connectivity index (χ3n) is 4.58. The summed E-state index contributed by atoms with van der Waals surface area (Å²) in [6, 6.07) is 13.6. The third-order valence-corrected chi connectivity index (χ3v) is 4.58. The molecule has 2 aromatic rings. The summed E-state index contributed by atoms with van der Waals surface area (Å²) in [6.45, 7) is 5.08. The molecule has 1 aliphatic rings. The molecule has 0 spiro atoms. The molecule has 1 heterocycles. The van der Waals surface area contributed by atoms with Gasteiger partial charge >= 0.3 is 6.03 Å². The smallest absolute Gasteiger partial charge is 0.324 e. The largest absolute Gasteiger partial charge is 0.326 e. The van der Waals surface area contributed by atoms with Crippen LogP contribution >= 0.6 is 0 Å². The van der Waals surface area contributed by atoms with Crippen molar-refractivity contribution in [3.63, 3.8) is 0 Å². The fourth-order valence-electron chi connectivity index (χ4n) is 3.04. The lowest BCUT2D eigenvalue weighted by Gasteiger charge is -2.36. The molecule has 1 fully saturated rings. The average Bonchev–Trinajstić information content (AvgIpc) is 2.65. The van der Waals surface area contributed by atoms with Crippen molar-refractivity contribution in [3.05, 3.63) is 59.9 Å². The number of nitrogens with one attached hydrogen (secondary N) is 1. The van der Waals surface area contributed by atoms with Gasteiger partial charge in [-0.05, 0) is 30.7 Å². The maximum absolute atomic E-state index is 13.9. The Bertz CT molecular complexity index is 838. The minimum atomic E-state index is -0.305. The number of hydrogen-bond acceptors (Lipinski definition) is 2. The van der Waals surface area contributed by atoms with Crippen molar-refractivity contribution in [1.29, 1.82) is 0 Å². The highest BCUT2D eigenvalue weighted by atomic mass is 19.1. The summed E-state index contributed by atoms with van der Waals surface area (Å²) in [5.74, 6) is -0.499. The van der Waals surface area contributed by atoms with E-state index in [1.807, 2.05) is 26.0 Å². The SMILES string of the molecule is CC(C)C(=O)Nc1cccc(N2CCCN(Cc3ccccc3F)C2=O)c1. The van der Waals surface area contributed by atoms with Gasteiger partial charge < -0.3 is 10.2 Å². The molecule has 0 saturated carbocycles. The van der Waals surface area contributed by atoms with Crippen LogP contribution in [-0.4, -0.2) is 29.9 Å². The fraction of sp³-hybridized carbons (Fsp3) is 0.333. The molecule has 3 rings (SSSR count). The zero-order valence-electron chi connectivity index (χ0n) is 15.6. The predicted octanol–water partition coefficient (Wildman–Crippen LogP) is 4.25. The standard InChI is InChI=1S/C21H24FN3O2/c1-15(2)20(26)23-17-8-5-9-18(13-17)25-12-6-11-24(21(25)27)14-16-7-3-4-10-19(16)22/h3-5,7-10,13,15H,6,11-12,14H2,1-2H3,(H,23,26). The van der Waals surface area contributed by atoms with Gasteiger partial charge in [-0.2, -0.15) is 0 Å². The van der Waals surface area contributed by atoms with Gasteiger partial charge in [-0.1, -0.05) is 38.1 Å². The van der Waals surface area contributed by atoms with Crippen molar-refractivity contribution in [2.24, 2.45) is 5.92 Å². The number of carbonyl (C=O) groups excluding carboxylic acids is 2. The van der Waals surface area contributed by atoms with E-state index in [0.29, 0.717) is 24.3 Å². The Morgan fingerprint density at radius 2 is 1.93 bits per heavy atom. The predicted molar refractivity (Wildman–Crippen MR) is 104 cm³/mol. The zero-order chi connectivity index (χ0) is 19.4. The van der Waals surface area contributed by atoms with E-state index in [0.717, 1.165) is 12.1 Å². The second kappa shape index (κ2) is 8.20. The molecule has 2 aromatic carbocycles. The number of urea groups is 1. The van der Waals surface area contributed by atoms with Gasteiger partial charge in [0.25, 0.3) is 0 Å². The van der Waals surface area contributed by atoms with Gasteiger partial charge in [0.2, 0.25) is 5.91 Å². The van der Waals surface area contributed by atoms with Crippen LogP contribution in [0.5, 0.6) is 0 Å². The van der Waals surface area contributed by atoms with E-state index in [1.165, 1.54) is 6.07 Å². The molecule has 1 saturated heterocycles. The number of anilines is 2. The molecule has 6 heteroatoms. The summed E-state index contributed by atoms with van der Waals surface area (Å²) in [4.78, 5) is 28.2. The first kappa shape index (κ1) is 18.9. The Morgan fingerprint density at radius 3 is 2.67 bits per heavy atom. The second-order valence-corrected chi connectivity index (χ2v) is 7.00. The first-order chi connectivity index (χ1) is 13.0. The summed E-state index contributed by atoms with van der Waals surface area (Å²) < 4.78 is 13.9. The van der Waals surface area contributed by atoms with Crippen molar-refractivity contribution in [2.75, 3.05) is 23.3 Å². The van der Waals surface area contributed by atoms with Gasteiger partial charge in [-0.25, -0.2) is 9.18 Å². The highest BCUT2D eigenvalue weighted by molar-refractivity contribution is 5.95. The maximum Gasteiger partial charge on any atom is 0.324 e.